The smallest absolute Gasteiger partial charge is 0.136 e. The van der Waals surface area contributed by atoms with Crippen molar-refractivity contribution in [2.75, 3.05) is 0 Å². The Balaban J connectivity index is 1.88. The second-order valence-electron chi connectivity index (χ2n) is 7.54. The average Bonchev–Trinajstić information content (AvgIpc) is 2.62. The van der Waals surface area contributed by atoms with E-state index in [4.69, 9.17) is 0 Å². The average molecular weight is 234 g/mol. The van der Waals surface area contributed by atoms with Crippen molar-refractivity contribution < 1.29 is 4.79 Å². The molecule has 1 nitrogen and oxygen atoms in total. The molecule has 96 valence electrons. The van der Waals surface area contributed by atoms with Gasteiger partial charge in [-0.05, 0) is 54.8 Å². The number of ketones is 1. The fraction of sp³-hybridized carbons (Fsp3) is 0.938. The van der Waals surface area contributed by atoms with Crippen molar-refractivity contribution in [2.45, 2.75) is 65.7 Å². The van der Waals surface area contributed by atoms with E-state index in [1.807, 2.05) is 0 Å². The summed E-state index contributed by atoms with van der Waals surface area (Å²) in [5, 5.41) is 0. The molecule has 3 aliphatic carbocycles. The molecule has 0 radical (unpaired) electrons. The molecule has 4 atom stereocenters. The van der Waals surface area contributed by atoms with Crippen LogP contribution in [0.5, 0.6) is 0 Å². The Morgan fingerprint density at radius 2 is 1.88 bits per heavy atom. The Labute approximate surface area is 105 Å². The lowest BCUT2D eigenvalue weighted by Gasteiger charge is -2.43. The third kappa shape index (κ3) is 1.40. The van der Waals surface area contributed by atoms with Crippen LogP contribution in [0.15, 0.2) is 0 Å². The molecular formula is C16H26O. The standard InChI is InChI=1S/C16H26O/c1-15(2)11-8-9-16(15,3)13(10-11)12-6-4-5-7-14(12)17/h11-13H,4-10H2,1-3H3/t11-,12-,13-,16-/m0/s1. The number of carbonyl (C=O) groups is 1. The summed E-state index contributed by atoms with van der Waals surface area (Å²) in [4.78, 5) is 12.2. The molecule has 0 amide bonds. The van der Waals surface area contributed by atoms with E-state index in [2.05, 4.69) is 20.8 Å². The third-order valence-corrected chi connectivity index (χ3v) is 6.95. The minimum absolute atomic E-state index is 0.415. The quantitative estimate of drug-likeness (QED) is 0.664. The zero-order valence-electron chi connectivity index (χ0n) is 11.6. The molecule has 0 saturated heterocycles. The second kappa shape index (κ2) is 3.59. The van der Waals surface area contributed by atoms with E-state index >= 15 is 0 Å². The summed E-state index contributed by atoms with van der Waals surface area (Å²) in [6.07, 6.45) is 8.57. The van der Waals surface area contributed by atoms with Crippen molar-refractivity contribution in [3.8, 4) is 0 Å². The highest BCUT2D eigenvalue weighted by atomic mass is 16.1. The second-order valence-corrected chi connectivity index (χ2v) is 7.54. The zero-order valence-corrected chi connectivity index (χ0v) is 11.6. The molecule has 0 aromatic heterocycles. The predicted octanol–water partition coefficient (Wildman–Crippen LogP) is 4.21. The number of hydrogen-bond donors (Lipinski definition) is 0. The lowest BCUT2D eigenvalue weighted by atomic mass is 9.61. The van der Waals surface area contributed by atoms with E-state index in [9.17, 15) is 4.79 Å². The van der Waals surface area contributed by atoms with Gasteiger partial charge in [-0.2, -0.15) is 0 Å². The molecular weight excluding hydrogens is 208 g/mol. The summed E-state index contributed by atoms with van der Waals surface area (Å²) in [6, 6.07) is 0. The number of rotatable bonds is 1. The molecule has 3 aliphatic rings. The molecule has 1 heteroatoms. The van der Waals surface area contributed by atoms with Gasteiger partial charge in [0, 0.05) is 12.3 Å². The number of Topliss-reactive ketones (excluding diaryl/α,β-unsaturated/α-hetero) is 1. The van der Waals surface area contributed by atoms with E-state index in [1.165, 1.54) is 32.1 Å². The van der Waals surface area contributed by atoms with Crippen LogP contribution in [-0.4, -0.2) is 5.78 Å². The Kier molecular flexibility index (Phi) is 2.48. The van der Waals surface area contributed by atoms with Crippen LogP contribution < -0.4 is 0 Å². The van der Waals surface area contributed by atoms with Gasteiger partial charge in [-0.3, -0.25) is 4.79 Å². The summed E-state index contributed by atoms with van der Waals surface area (Å²) in [5.74, 6) is 2.58. The van der Waals surface area contributed by atoms with Crippen molar-refractivity contribution in [3.63, 3.8) is 0 Å². The topological polar surface area (TPSA) is 17.1 Å². The van der Waals surface area contributed by atoms with Crippen LogP contribution in [0.1, 0.15) is 65.7 Å². The molecule has 3 saturated carbocycles. The van der Waals surface area contributed by atoms with Crippen LogP contribution in [-0.2, 0) is 4.79 Å². The van der Waals surface area contributed by atoms with Crippen LogP contribution in [0, 0.1) is 28.6 Å². The van der Waals surface area contributed by atoms with E-state index in [0.29, 0.717) is 28.4 Å². The van der Waals surface area contributed by atoms with Crippen molar-refractivity contribution in [2.24, 2.45) is 28.6 Å². The van der Waals surface area contributed by atoms with Gasteiger partial charge in [-0.15, -0.1) is 0 Å². The first-order valence-electron chi connectivity index (χ1n) is 7.49. The molecule has 0 aromatic carbocycles. The fourth-order valence-corrected chi connectivity index (χ4v) is 5.31. The third-order valence-electron chi connectivity index (χ3n) is 6.95. The van der Waals surface area contributed by atoms with Crippen LogP contribution in [0.4, 0.5) is 0 Å². The summed E-state index contributed by atoms with van der Waals surface area (Å²) < 4.78 is 0. The van der Waals surface area contributed by atoms with Crippen LogP contribution >= 0.6 is 0 Å². The van der Waals surface area contributed by atoms with Crippen molar-refractivity contribution >= 4 is 5.78 Å². The summed E-state index contributed by atoms with van der Waals surface area (Å²) in [5.41, 5.74) is 0.907. The van der Waals surface area contributed by atoms with Crippen molar-refractivity contribution in [3.05, 3.63) is 0 Å². The predicted molar refractivity (Wildman–Crippen MR) is 69.7 cm³/mol. The fourth-order valence-electron chi connectivity index (χ4n) is 5.31. The van der Waals surface area contributed by atoms with Gasteiger partial charge in [0.1, 0.15) is 5.78 Å². The van der Waals surface area contributed by atoms with E-state index < -0.39 is 0 Å². The minimum Gasteiger partial charge on any atom is -0.299 e. The number of carbonyl (C=O) groups excluding carboxylic acids is 1. The van der Waals surface area contributed by atoms with Crippen LogP contribution in [0.2, 0.25) is 0 Å². The normalized spacial score (nSPS) is 48.6. The Hall–Kier alpha value is -0.330. The highest BCUT2D eigenvalue weighted by Crippen LogP contribution is 2.70. The van der Waals surface area contributed by atoms with Crippen LogP contribution in [0.3, 0.4) is 0 Å². The van der Waals surface area contributed by atoms with Crippen LogP contribution in [0.25, 0.3) is 0 Å². The zero-order chi connectivity index (χ0) is 12.3. The Bertz CT molecular complexity index is 343. The van der Waals surface area contributed by atoms with Crippen molar-refractivity contribution in [1.29, 1.82) is 0 Å². The molecule has 0 N–H and O–H groups in total. The van der Waals surface area contributed by atoms with Gasteiger partial charge >= 0.3 is 0 Å². The molecule has 3 rings (SSSR count). The Morgan fingerprint density at radius 3 is 2.41 bits per heavy atom. The maximum absolute atomic E-state index is 12.2. The molecule has 0 aliphatic heterocycles. The molecule has 0 aromatic rings. The SMILES string of the molecule is CC1(C)[C@H]2CC[C@@]1(C)[C@H]([C@@H]1CCCCC1=O)C2. The number of hydrogen-bond acceptors (Lipinski definition) is 1. The van der Waals surface area contributed by atoms with Gasteiger partial charge in [-0.25, -0.2) is 0 Å². The molecule has 17 heavy (non-hydrogen) atoms. The van der Waals surface area contributed by atoms with E-state index in [0.717, 1.165) is 18.8 Å². The molecule has 0 spiro atoms. The highest BCUT2D eigenvalue weighted by molar-refractivity contribution is 5.82. The van der Waals surface area contributed by atoms with Crippen molar-refractivity contribution in [1.82, 2.24) is 0 Å². The van der Waals surface area contributed by atoms with Gasteiger partial charge in [0.05, 0.1) is 0 Å². The van der Waals surface area contributed by atoms with Gasteiger partial charge in [0.2, 0.25) is 0 Å². The summed E-state index contributed by atoms with van der Waals surface area (Å²) >= 11 is 0. The maximum Gasteiger partial charge on any atom is 0.136 e. The number of fused-ring (bicyclic) bond motifs is 2. The molecule has 3 fully saturated rings. The largest absolute Gasteiger partial charge is 0.299 e. The maximum atomic E-state index is 12.2. The van der Waals surface area contributed by atoms with Gasteiger partial charge in [0.15, 0.2) is 0 Å². The minimum atomic E-state index is 0.415. The summed E-state index contributed by atoms with van der Waals surface area (Å²) in [6.45, 7) is 7.39. The highest BCUT2D eigenvalue weighted by Gasteiger charge is 2.63. The van der Waals surface area contributed by atoms with Gasteiger partial charge in [0.25, 0.3) is 0 Å². The molecule has 0 unspecified atom stereocenters. The summed E-state index contributed by atoms with van der Waals surface area (Å²) in [7, 11) is 0. The lowest BCUT2D eigenvalue weighted by Crippen LogP contribution is -2.39. The van der Waals surface area contributed by atoms with E-state index in [1.54, 1.807) is 0 Å². The molecule has 0 heterocycles. The Morgan fingerprint density at radius 1 is 1.12 bits per heavy atom. The monoisotopic (exact) mass is 234 g/mol. The molecule has 2 bridgehead atoms. The lowest BCUT2D eigenvalue weighted by molar-refractivity contribution is -0.128. The first-order chi connectivity index (χ1) is 7.97. The first kappa shape index (κ1) is 11.7. The van der Waals surface area contributed by atoms with Gasteiger partial charge < -0.3 is 0 Å². The first-order valence-corrected chi connectivity index (χ1v) is 7.49. The van der Waals surface area contributed by atoms with E-state index in [-0.39, 0.29) is 0 Å². The van der Waals surface area contributed by atoms with Gasteiger partial charge in [-0.1, -0.05) is 27.2 Å².